The zero-order valence-electron chi connectivity index (χ0n) is 15.3. The predicted molar refractivity (Wildman–Crippen MR) is 105 cm³/mol. The second-order valence-corrected chi connectivity index (χ2v) is 6.27. The highest BCUT2D eigenvalue weighted by Crippen LogP contribution is 2.27. The molecule has 28 heavy (non-hydrogen) atoms. The molecule has 0 radical (unpaired) electrons. The summed E-state index contributed by atoms with van der Waals surface area (Å²) < 4.78 is 11.8. The summed E-state index contributed by atoms with van der Waals surface area (Å²) in [5.41, 5.74) is 2.22. The minimum atomic E-state index is -0.623. The number of nitrogens with one attached hydrogen (secondary N) is 1. The number of anilines is 1. The minimum absolute atomic E-state index is 0.296. The van der Waals surface area contributed by atoms with Crippen LogP contribution in [0, 0.1) is 6.92 Å². The smallest absolute Gasteiger partial charge is 0.342 e. The Balaban J connectivity index is 1.60. The van der Waals surface area contributed by atoms with Crippen LogP contribution in [0.4, 0.5) is 5.69 Å². The SMILES string of the molecule is COc1ccc(NC(=O)COC(=O)c2cnn(-c3ccccc3)c2C)cc1Cl. The van der Waals surface area contributed by atoms with E-state index in [1.165, 1.54) is 13.3 Å². The molecule has 3 aromatic rings. The fraction of sp³-hybridized carbons (Fsp3) is 0.150. The first-order valence-corrected chi connectivity index (χ1v) is 8.78. The zero-order valence-corrected chi connectivity index (χ0v) is 16.1. The lowest BCUT2D eigenvalue weighted by molar-refractivity contribution is -0.119. The number of rotatable bonds is 6. The number of carbonyl (C=O) groups is 2. The number of ether oxygens (including phenoxy) is 2. The van der Waals surface area contributed by atoms with Gasteiger partial charge in [-0.25, -0.2) is 9.48 Å². The average molecular weight is 400 g/mol. The molecule has 1 amide bonds. The van der Waals surface area contributed by atoms with Crippen molar-refractivity contribution in [2.75, 3.05) is 19.0 Å². The van der Waals surface area contributed by atoms with Gasteiger partial charge in [-0.3, -0.25) is 4.79 Å². The van der Waals surface area contributed by atoms with Crippen LogP contribution in [0.25, 0.3) is 5.69 Å². The van der Waals surface area contributed by atoms with Crippen LogP contribution in [0.15, 0.2) is 54.7 Å². The van der Waals surface area contributed by atoms with Gasteiger partial charge in [-0.1, -0.05) is 29.8 Å². The number of hydrogen-bond acceptors (Lipinski definition) is 5. The molecule has 0 bridgehead atoms. The third-order valence-corrected chi connectivity index (χ3v) is 4.30. The van der Waals surface area contributed by atoms with Gasteiger partial charge >= 0.3 is 5.97 Å². The van der Waals surface area contributed by atoms with E-state index in [-0.39, 0.29) is 0 Å². The van der Waals surface area contributed by atoms with E-state index in [0.717, 1.165) is 5.69 Å². The summed E-state index contributed by atoms with van der Waals surface area (Å²) in [5.74, 6) is -0.609. The molecule has 0 aliphatic carbocycles. The van der Waals surface area contributed by atoms with Crippen molar-refractivity contribution in [2.24, 2.45) is 0 Å². The molecule has 1 aromatic heterocycles. The third-order valence-electron chi connectivity index (χ3n) is 4.00. The Morgan fingerprint density at radius 3 is 2.61 bits per heavy atom. The third kappa shape index (κ3) is 4.32. The summed E-state index contributed by atoms with van der Waals surface area (Å²) in [5, 5.41) is 7.19. The summed E-state index contributed by atoms with van der Waals surface area (Å²) >= 11 is 6.02. The molecule has 0 saturated carbocycles. The average Bonchev–Trinajstić information content (AvgIpc) is 3.08. The fourth-order valence-electron chi connectivity index (χ4n) is 2.59. The molecule has 0 aliphatic rings. The van der Waals surface area contributed by atoms with Gasteiger partial charge in [0.05, 0.1) is 29.7 Å². The molecule has 0 spiro atoms. The molecule has 0 fully saturated rings. The Hall–Kier alpha value is -3.32. The molecule has 144 valence electrons. The van der Waals surface area contributed by atoms with Gasteiger partial charge in [-0.2, -0.15) is 5.10 Å². The summed E-state index contributed by atoms with van der Waals surface area (Å²) in [6, 6.07) is 14.2. The van der Waals surface area contributed by atoms with E-state index < -0.39 is 18.5 Å². The second-order valence-electron chi connectivity index (χ2n) is 5.86. The monoisotopic (exact) mass is 399 g/mol. The van der Waals surface area contributed by atoms with Gasteiger partial charge in [0, 0.05) is 5.69 Å². The first-order valence-electron chi connectivity index (χ1n) is 8.40. The van der Waals surface area contributed by atoms with Crippen LogP contribution in [0.5, 0.6) is 5.75 Å². The molecule has 0 atom stereocenters. The van der Waals surface area contributed by atoms with Crippen molar-refractivity contribution in [1.29, 1.82) is 0 Å². The summed E-state index contributed by atoms with van der Waals surface area (Å²) in [7, 11) is 1.50. The molecule has 7 nitrogen and oxygen atoms in total. The zero-order chi connectivity index (χ0) is 20.1. The van der Waals surface area contributed by atoms with E-state index in [0.29, 0.717) is 27.7 Å². The number of hydrogen-bond donors (Lipinski definition) is 1. The van der Waals surface area contributed by atoms with E-state index in [2.05, 4.69) is 10.4 Å². The van der Waals surface area contributed by atoms with Crippen LogP contribution in [-0.2, 0) is 9.53 Å². The number of nitrogens with zero attached hydrogens (tertiary/aromatic N) is 2. The minimum Gasteiger partial charge on any atom is -0.495 e. The molecule has 0 aliphatic heterocycles. The van der Waals surface area contributed by atoms with Crippen molar-refractivity contribution in [2.45, 2.75) is 6.92 Å². The van der Waals surface area contributed by atoms with Crippen molar-refractivity contribution in [1.82, 2.24) is 9.78 Å². The summed E-state index contributed by atoms with van der Waals surface area (Å²) in [6.07, 6.45) is 1.42. The van der Waals surface area contributed by atoms with Gasteiger partial charge in [0.2, 0.25) is 0 Å². The molecule has 0 unspecified atom stereocenters. The largest absolute Gasteiger partial charge is 0.495 e. The van der Waals surface area contributed by atoms with Crippen molar-refractivity contribution in [3.05, 3.63) is 71.0 Å². The number of methoxy groups -OCH3 is 1. The lowest BCUT2D eigenvalue weighted by Gasteiger charge is -2.09. The normalized spacial score (nSPS) is 10.4. The molecule has 2 aromatic carbocycles. The lowest BCUT2D eigenvalue weighted by Crippen LogP contribution is -2.21. The van der Waals surface area contributed by atoms with E-state index in [9.17, 15) is 9.59 Å². The molecule has 0 saturated heterocycles. The first kappa shape index (κ1) is 19.4. The maximum Gasteiger partial charge on any atom is 0.342 e. The van der Waals surface area contributed by atoms with Gasteiger partial charge in [0.25, 0.3) is 5.91 Å². The second kappa shape index (κ2) is 8.58. The molecular formula is C20H18ClN3O4. The number of para-hydroxylation sites is 1. The Bertz CT molecular complexity index is 1000. The quantitative estimate of drug-likeness (QED) is 0.640. The number of amides is 1. The Labute approximate surface area is 166 Å². The van der Waals surface area contributed by atoms with Crippen LogP contribution < -0.4 is 10.1 Å². The number of halogens is 1. The predicted octanol–water partition coefficient (Wildman–Crippen LogP) is 3.64. The Kier molecular flexibility index (Phi) is 5.96. The molecule has 3 rings (SSSR count). The maximum absolute atomic E-state index is 12.3. The molecule has 8 heteroatoms. The van der Waals surface area contributed by atoms with Crippen molar-refractivity contribution < 1.29 is 19.1 Å². The van der Waals surface area contributed by atoms with E-state index in [1.54, 1.807) is 29.8 Å². The molecular weight excluding hydrogens is 382 g/mol. The highest BCUT2D eigenvalue weighted by Gasteiger charge is 2.18. The summed E-state index contributed by atoms with van der Waals surface area (Å²) in [6.45, 7) is 1.33. The molecule has 1 N–H and O–H groups in total. The number of benzene rings is 2. The van der Waals surface area contributed by atoms with E-state index >= 15 is 0 Å². The number of carbonyl (C=O) groups excluding carboxylic acids is 2. The van der Waals surface area contributed by atoms with Gasteiger partial charge in [-0.15, -0.1) is 0 Å². The van der Waals surface area contributed by atoms with Crippen molar-refractivity contribution in [3.63, 3.8) is 0 Å². The standard InChI is InChI=1S/C20H18ClN3O4/c1-13-16(11-22-24(13)15-6-4-3-5-7-15)20(26)28-12-19(25)23-14-8-9-18(27-2)17(21)10-14/h3-11H,12H2,1-2H3,(H,23,25). The number of esters is 1. The number of aromatic nitrogens is 2. The van der Waals surface area contributed by atoms with Gasteiger partial charge < -0.3 is 14.8 Å². The maximum atomic E-state index is 12.3. The van der Waals surface area contributed by atoms with Crippen molar-refractivity contribution in [3.8, 4) is 11.4 Å². The highest BCUT2D eigenvalue weighted by atomic mass is 35.5. The van der Waals surface area contributed by atoms with Crippen LogP contribution in [0.3, 0.4) is 0 Å². The van der Waals surface area contributed by atoms with Gasteiger partial charge in [0.15, 0.2) is 6.61 Å². The lowest BCUT2D eigenvalue weighted by atomic mass is 10.2. The fourth-order valence-corrected chi connectivity index (χ4v) is 2.85. The van der Waals surface area contributed by atoms with Crippen LogP contribution in [0.2, 0.25) is 5.02 Å². The van der Waals surface area contributed by atoms with Gasteiger partial charge in [0.1, 0.15) is 11.3 Å². The first-order chi connectivity index (χ1) is 13.5. The van der Waals surface area contributed by atoms with Crippen LogP contribution in [-0.4, -0.2) is 35.4 Å². The van der Waals surface area contributed by atoms with Crippen molar-refractivity contribution >= 4 is 29.2 Å². The Morgan fingerprint density at radius 2 is 1.93 bits per heavy atom. The Morgan fingerprint density at radius 1 is 1.18 bits per heavy atom. The van der Waals surface area contributed by atoms with Crippen LogP contribution >= 0.6 is 11.6 Å². The highest BCUT2D eigenvalue weighted by molar-refractivity contribution is 6.32. The van der Waals surface area contributed by atoms with Gasteiger partial charge in [-0.05, 0) is 37.3 Å². The van der Waals surface area contributed by atoms with Crippen LogP contribution in [0.1, 0.15) is 16.1 Å². The molecule has 1 heterocycles. The topological polar surface area (TPSA) is 82.4 Å². The van der Waals surface area contributed by atoms with E-state index in [4.69, 9.17) is 21.1 Å². The summed E-state index contributed by atoms with van der Waals surface area (Å²) in [4.78, 5) is 24.4. The van der Waals surface area contributed by atoms with E-state index in [1.807, 2.05) is 30.3 Å².